The van der Waals surface area contributed by atoms with Gasteiger partial charge in [-0.15, -0.1) is 0 Å². The fourth-order valence-corrected chi connectivity index (χ4v) is 3.82. The first-order valence-electron chi connectivity index (χ1n) is 9.66. The van der Waals surface area contributed by atoms with Crippen molar-refractivity contribution in [2.24, 2.45) is 5.92 Å². The molecule has 1 N–H and O–H groups in total. The number of aromatic nitrogens is 2. The second kappa shape index (κ2) is 9.19. The van der Waals surface area contributed by atoms with Crippen LogP contribution in [0.5, 0.6) is 5.75 Å². The largest absolute Gasteiger partial charge is 0.497 e. The highest BCUT2D eigenvalue weighted by Crippen LogP contribution is 2.19. The van der Waals surface area contributed by atoms with E-state index < -0.39 is 0 Å². The van der Waals surface area contributed by atoms with Crippen molar-refractivity contribution in [1.82, 2.24) is 19.8 Å². The molecule has 5 nitrogen and oxygen atoms in total. The fourth-order valence-electron chi connectivity index (χ4n) is 3.82. The zero-order chi connectivity index (χ0) is 18.4. The quantitative estimate of drug-likeness (QED) is 0.789. The van der Waals surface area contributed by atoms with E-state index in [1.165, 1.54) is 43.7 Å². The zero-order valence-corrected chi connectivity index (χ0v) is 16.4. The van der Waals surface area contributed by atoms with Crippen LogP contribution >= 0.6 is 0 Å². The molecule has 2 heterocycles. The number of hydrogen-bond acceptors (Lipinski definition) is 4. The molecule has 0 amide bonds. The maximum atomic E-state index is 5.23. The van der Waals surface area contributed by atoms with Crippen LogP contribution in [0.3, 0.4) is 0 Å². The number of hydrogen-bond donors (Lipinski definition) is 1. The Bertz CT molecular complexity index is 659. The topological polar surface area (TPSA) is 44.4 Å². The third-order valence-corrected chi connectivity index (χ3v) is 5.35. The molecule has 1 saturated heterocycles. The van der Waals surface area contributed by atoms with Gasteiger partial charge in [0, 0.05) is 31.5 Å². The average molecular weight is 357 g/mol. The Balaban J connectivity index is 1.35. The minimum absolute atomic E-state index is 0.807. The third-order valence-electron chi connectivity index (χ3n) is 5.35. The molecular formula is C21H32N4O. The van der Waals surface area contributed by atoms with E-state index in [9.17, 15) is 0 Å². The van der Waals surface area contributed by atoms with Gasteiger partial charge >= 0.3 is 0 Å². The summed E-state index contributed by atoms with van der Waals surface area (Å²) in [5.74, 6) is 2.74. The Morgan fingerprint density at radius 1 is 1.23 bits per heavy atom. The Morgan fingerprint density at radius 3 is 2.58 bits per heavy atom. The number of benzene rings is 1. The minimum atomic E-state index is 0.807. The van der Waals surface area contributed by atoms with Crippen LogP contribution in [0.1, 0.15) is 29.9 Å². The molecule has 0 unspecified atom stereocenters. The van der Waals surface area contributed by atoms with Crippen molar-refractivity contribution in [3.8, 4) is 5.75 Å². The molecule has 1 aliphatic rings. The highest BCUT2D eigenvalue weighted by molar-refractivity contribution is 5.27. The minimum Gasteiger partial charge on any atom is -0.497 e. The Labute approximate surface area is 157 Å². The molecular weight excluding hydrogens is 324 g/mol. The van der Waals surface area contributed by atoms with Gasteiger partial charge < -0.3 is 19.5 Å². The third kappa shape index (κ3) is 5.58. The molecule has 142 valence electrons. The lowest BCUT2D eigenvalue weighted by molar-refractivity contribution is 0.153. The predicted molar refractivity (Wildman–Crippen MR) is 106 cm³/mol. The molecule has 0 spiro atoms. The first-order valence-corrected chi connectivity index (χ1v) is 9.66. The smallest absolute Gasteiger partial charge is 0.118 e. The summed E-state index contributed by atoms with van der Waals surface area (Å²) in [7, 11) is 3.93. The van der Waals surface area contributed by atoms with Crippen LogP contribution < -0.4 is 4.74 Å². The van der Waals surface area contributed by atoms with E-state index in [2.05, 4.69) is 51.1 Å². The van der Waals surface area contributed by atoms with Crippen LogP contribution in [-0.2, 0) is 13.0 Å². The van der Waals surface area contributed by atoms with Crippen molar-refractivity contribution in [1.29, 1.82) is 0 Å². The summed E-state index contributed by atoms with van der Waals surface area (Å²) >= 11 is 0. The predicted octanol–water partition coefficient (Wildman–Crippen LogP) is 3.11. The number of imidazole rings is 1. The van der Waals surface area contributed by atoms with E-state index in [1.54, 1.807) is 7.11 Å². The molecule has 2 aromatic rings. The van der Waals surface area contributed by atoms with Crippen molar-refractivity contribution in [2.75, 3.05) is 40.3 Å². The Kier molecular flexibility index (Phi) is 6.69. The summed E-state index contributed by atoms with van der Waals surface area (Å²) in [4.78, 5) is 12.6. The molecule has 1 aromatic heterocycles. The number of nitrogens with zero attached hydrogens (tertiary/aromatic N) is 3. The lowest BCUT2D eigenvalue weighted by Crippen LogP contribution is -2.38. The summed E-state index contributed by atoms with van der Waals surface area (Å²) in [5.41, 5.74) is 2.60. The van der Waals surface area contributed by atoms with Gasteiger partial charge in [0.1, 0.15) is 11.6 Å². The van der Waals surface area contributed by atoms with Gasteiger partial charge in [-0.1, -0.05) is 12.1 Å². The number of aromatic amines is 1. The Morgan fingerprint density at radius 2 is 1.96 bits per heavy atom. The highest BCUT2D eigenvalue weighted by Gasteiger charge is 2.20. The standard InChI is InChI=1S/C21H32N4O/c1-17-22-14-20(23-17)16-24(2)15-19-9-12-25(13-10-19)11-8-18-4-6-21(26-3)7-5-18/h4-7,14,19H,8-13,15-16H2,1-3H3,(H,22,23). The van der Waals surface area contributed by atoms with Crippen LogP contribution in [0.15, 0.2) is 30.5 Å². The molecule has 1 aromatic carbocycles. The number of nitrogens with one attached hydrogen (secondary N) is 1. The van der Waals surface area contributed by atoms with Crippen molar-refractivity contribution in [2.45, 2.75) is 32.7 Å². The number of likely N-dealkylation sites (tertiary alicyclic amines) is 1. The highest BCUT2D eigenvalue weighted by atomic mass is 16.5. The summed E-state index contributed by atoms with van der Waals surface area (Å²) < 4.78 is 5.23. The van der Waals surface area contributed by atoms with Gasteiger partial charge in [0.2, 0.25) is 0 Å². The van der Waals surface area contributed by atoms with Gasteiger partial charge in [-0.3, -0.25) is 0 Å². The SMILES string of the molecule is COc1ccc(CCN2CCC(CN(C)Cc3cnc(C)[nH]3)CC2)cc1. The molecule has 0 bridgehead atoms. The normalized spacial score (nSPS) is 16.3. The molecule has 3 rings (SSSR count). The number of rotatable bonds is 8. The maximum absolute atomic E-state index is 5.23. The van der Waals surface area contributed by atoms with Crippen LogP contribution in [0.2, 0.25) is 0 Å². The van der Waals surface area contributed by atoms with Crippen molar-refractivity contribution < 1.29 is 4.74 Å². The number of methoxy groups -OCH3 is 1. The van der Waals surface area contributed by atoms with E-state index in [4.69, 9.17) is 4.74 Å². The van der Waals surface area contributed by atoms with E-state index >= 15 is 0 Å². The average Bonchev–Trinajstić information content (AvgIpc) is 3.06. The number of ether oxygens (including phenoxy) is 1. The molecule has 0 radical (unpaired) electrons. The van der Waals surface area contributed by atoms with E-state index in [-0.39, 0.29) is 0 Å². The summed E-state index contributed by atoms with van der Waals surface area (Å²) in [5, 5.41) is 0. The van der Waals surface area contributed by atoms with Crippen LogP contribution in [0, 0.1) is 12.8 Å². The van der Waals surface area contributed by atoms with Gasteiger partial charge in [0.15, 0.2) is 0 Å². The lowest BCUT2D eigenvalue weighted by Gasteiger charge is -2.33. The first-order chi connectivity index (χ1) is 12.6. The first kappa shape index (κ1) is 18.9. The van der Waals surface area contributed by atoms with Gasteiger partial charge in [-0.05, 0) is 69.9 Å². The van der Waals surface area contributed by atoms with Crippen molar-refractivity contribution in [3.63, 3.8) is 0 Å². The van der Waals surface area contributed by atoms with Gasteiger partial charge in [0.05, 0.1) is 7.11 Å². The van der Waals surface area contributed by atoms with E-state index in [0.717, 1.165) is 37.0 Å². The molecule has 1 aliphatic heterocycles. The lowest BCUT2D eigenvalue weighted by atomic mass is 9.96. The molecule has 0 aliphatic carbocycles. The summed E-state index contributed by atoms with van der Waals surface area (Å²) in [6.45, 7) is 7.73. The molecule has 26 heavy (non-hydrogen) atoms. The number of piperidine rings is 1. The molecule has 0 atom stereocenters. The van der Waals surface area contributed by atoms with Crippen molar-refractivity contribution in [3.05, 3.63) is 47.5 Å². The van der Waals surface area contributed by atoms with E-state index in [0.29, 0.717) is 0 Å². The molecule has 5 heteroatoms. The molecule has 0 saturated carbocycles. The maximum Gasteiger partial charge on any atom is 0.118 e. The fraction of sp³-hybridized carbons (Fsp3) is 0.571. The second-order valence-electron chi connectivity index (χ2n) is 7.57. The number of H-pyrrole nitrogens is 1. The Hall–Kier alpha value is -1.85. The summed E-state index contributed by atoms with van der Waals surface area (Å²) in [6, 6.07) is 8.46. The number of aryl methyl sites for hydroxylation is 1. The van der Waals surface area contributed by atoms with E-state index in [1.807, 2.05) is 13.1 Å². The van der Waals surface area contributed by atoms with Crippen molar-refractivity contribution >= 4 is 0 Å². The van der Waals surface area contributed by atoms with Crippen LogP contribution in [-0.4, -0.2) is 60.1 Å². The second-order valence-corrected chi connectivity index (χ2v) is 7.57. The molecule has 1 fully saturated rings. The van der Waals surface area contributed by atoms with Gasteiger partial charge in [0.25, 0.3) is 0 Å². The monoisotopic (exact) mass is 356 g/mol. The van der Waals surface area contributed by atoms with Gasteiger partial charge in [-0.25, -0.2) is 4.98 Å². The summed E-state index contributed by atoms with van der Waals surface area (Å²) in [6.07, 6.45) is 5.67. The van der Waals surface area contributed by atoms with Crippen LogP contribution in [0.25, 0.3) is 0 Å². The van der Waals surface area contributed by atoms with Gasteiger partial charge in [-0.2, -0.15) is 0 Å². The zero-order valence-electron chi connectivity index (χ0n) is 16.4. The van der Waals surface area contributed by atoms with Crippen LogP contribution in [0.4, 0.5) is 0 Å².